The van der Waals surface area contributed by atoms with Crippen LogP contribution in [-0.2, 0) is 22.7 Å². The van der Waals surface area contributed by atoms with Gasteiger partial charge in [-0.2, -0.15) is 0 Å². The Hall–Kier alpha value is -4.02. The maximum atomic E-state index is 15.7. The van der Waals surface area contributed by atoms with E-state index in [1.807, 2.05) is 12.1 Å². The van der Waals surface area contributed by atoms with E-state index in [4.69, 9.17) is 0 Å². The SMILES string of the molecule is O=C1CCC(N2Cc3c(ccc(CN4CCN(C(c5cccc(F)c5)c5cccc(F)c5)CC4)c3F)C2=O)C(=O)N1. The van der Waals surface area contributed by atoms with Gasteiger partial charge in [-0.25, -0.2) is 13.2 Å². The van der Waals surface area contributed by atoms with Gasteiger partial charge in [0.25, 0.3) is 5.91 Å². The highest BCUT2D eigenvalue weighted by molar-refractivity contribution is 6.05. The van der Waals surface area contributed by atoms with Gasteiger partial charge in [-0.05, 0) is 47.9 Å². The zero-order valence-corrected chi connectivity index (χ0v) is 22.3. The van der Waals surface area contributed by atoms with Gasteiger partial charge in [-0.15, -0.1) is 0 Å². The van der Waals surface area contributed by atoms with Crippen molar-refractivity contribution in [1.29, 1.82) is 0 Å². The molecule has 0 aliphatic carbocycles. The summed E-state index contributed by atoms with van der Waals surface area (Å²) in [6.07, 6.45) is 0.352. The summed E-state index contributed by atoms with van der Waals surface area (Å²) in [7, 11) is 0. The first-order valence-corrected chi connectivity index (χ1v) is 13.7. The monoisotopic (exact) mass is 562 g/mol. The maximum Gasteiger partial charge on any atom is 0.255 e. The molecule has 3 aromatic rings. The van der Waals surface area contributed by atoms with Crippen LogP contribution in [0, 0.1) is 17.5 Å². The Labute approximate surface area is 235 Å². The molecule has 3 heterocycles. The standard InChI is InChI=1S/C31H29F3N4O3/c32-22-5-1-3-19(15-22)29(20-4-2-6-23(33)16-20)37-13-11-36(12-14-37)17-21-7-8-24-25(28(21)34)18-38(31(24)41)26-9-10-27(39)35-30(26)40/h1-8,15-16,26,29H,9-14,17-18H2,(H,35,39,40). The molecule has 0 saturated carbocycles. The highest BCUT2D eigenvalue weighted by Crippen LogP contribution is 2.33. The Morgan fingerprint density at radius 1 is 0.854 bits per heavy atom. The summed E-state index contributed by atoms with van der Waals surface area (Å²) >= 11 is 0. The fourth-order valence-electron chi connectivity index (χ4n) is 6.16. The van der Waals surface area contributed by atoms with E-state index in [0.717, 1.165) is 11.1 Å². The quantitative estimate of drug-likeness (QED) is 0.464. The molecule has 0 spiro atoms. The summed E-state index contributed by atoms with van der Waals surface area (Å²) in [6, 6.07) is 14.8. The number of rotatable bonds is 6. The number of fused-ring (bicyclic) bond motifs is 1. The molecule has 2 fully saturated rings. The van der Waals surface area contributed by atoms with E-state index in [9.17, 15) is 23.2 Å². The number of nitrogens with one attached hydrogen (secondary N) is 1. The second kappa shape index (κ2) is 11.1. The number of hydrogen-bond acceptors (Lipinski definition) is 5. The van der Waals surface area contributed by atoms with Crippen LogP contribution in [0.3, 0.4) is 0 Å². The predicted octanol–water partition coefficient (Wildman–Crippen LogP) is 3.77. The van der Waals surface area contributed by atoms with E-state index in [0.29, 0.717) is 38.3 Å². The molecule has 1 atom stereocenters. The molecule has 0 radical (unpaired) electrons. The third-order valence-corrected chi connectivity index (χ3v) is 8.22. The summed E-state index contributed by atoms with van der Waals surface area (Å²) in [5.74, 6) is -2.48. The zero-order chi connectivity index (χ0) is 28.7. The first kappa shape index (κ1) is 27.2. The number of nitrogens with zero attached hydrogens (tertiary/aromatic N) is 3. The number of halogens is 3. The largest absolute Gasteiger partial charge is 0.322 e. The van der Waals surface area contributed by atoms with Crippen molar-refractivity contribution in [1.82, 2.24) is 20.0 Å². The van der Waals surface area contributed by atoms with Crippen molar-refractivity contribution in [3.8, 4) is 0 Å². The fraction of sp³-hybridized carbons (Fsp3) is 0.323. The van der Waals surface area contributed by atoms with Crippen LogP contribution < -0.4 is 5.32 Å². The second-order valence-electron chi connectivity index (χ2n) is 10.8. The Kier molecular flexibility index (Phi) is 7.35. The number of carbonyl (C=O) groups excluding carboxylic acids is 3. The van der Waals surface area contributed by atoms with Gasteiger partial charge in [0, 0.05) is 55.8 Å². The summed E-state index contributed by atoms with van der Waals surface area (Å²) in [6.45, 7) is 2.75. The first-order chi connectivity index (χ1) is 19.8. The van der Waals surface area contributed by atoms with Gasteiger partial charge in [0.1, 0.15) is 23.5 Å². The number of amides is 3. The minimum Gasteiger partial charge on any atom is -0.322 e. The van der Waals surface area contributed by atoms with Gasteiger partial charge in [-0.3, -0.25) is 29.5 Å². The van der Waals surface area contributed by atoms with E-state index in [2.05, 4.69) is 15.1 Å². The molecule has 0 aromatic heterocycles. The van der Waals surface area contributed by atoms with Crippen molar-refractivity contribution in [3.05, 3.63) is 106 Å². The normalized spacial score (nSPS) is 20.0. The van der Waals surface area contributed by atoms with Crippen LogP contribution in [0.4, 0.5) is 13.2 Å². The highest BCUT2D eigenvalue weighted by atomic mass is 19.1. The minimum atomic E-state index is -0.798. The molecule has 1 N–H and O–H groups in total. The van der Waals surface area contributed by atoms with E-state index >= 15 is 4.39 Å². The molecule has 6 rings (SSSR count). The lowest BCUT2D eigenvalue weighted by molar-refractivity contribution is -0.136. The van der Waals surface area contributed by atoms with Gasteiger partial charge in [0.15, 0.2) is 0 Å². The smallest absolute Gasteiger partial charge is 0.255 e. The molecule has 3 amide bonds. The third kappa shape index (κ3) is 5.37. The Balaban J connectivity index is 1.15. The topological polar surface area (TPSA) is 73.0 Å². The van der Waals surface area contributed by atoms with Crippen molar-refractivity contribution in [2.75, 3.05) is 26.2 Å². The number of imide groups is 1. The molecule has 1 unspecified atom stereocenters. The highest BCUT2D eigenvalue weighted by Gasteiger charge is 2.40. The summed E-state index contributed by atoms with van der Waals surface area (Å²) in [5, 5.41) is 2.26. The number of carbonyl (C=O) groups is 3. The van der Waals surface area contributed by atoms with E-state index in [1.165, 1.54) is 29.2 Å². The van der Waals surface area contributed by atoms with Crippen LogP contribution in [0.15, 0.2) is 60.7 Å². The van der Waals surface area contributed by atoms with Gasteiger partial charge < -0.3 is 4.90 Å². The van der Waals surface area contributed by atoms with Crippen molar-refractivity contribution in [2.24, 2.45) is 0 Å². The lowest BCUT2D eigenvalue weighted by atomic mass is 9.96. The Bertz CT molecular complexity index is 1480. The molecular weight excluding hydrogens is 533 g/mol. The molecule has 10 heteroatoms. The van der Waals surface area contributed by atoms with Crippen molar-refractivity contribution < 1.29 is 27.6 Å². The van der Waals surface area contributed by atoms with Crippen molar-refractivity contribution in [2.45, 2.75) is 38.0 Å². The average Bonchev–Trinajstić information content (AvgIpc) is 3.28. The summed E-state index contributed by atoms with van der Waals surface area (Å²) < 4.78 is 43.9. The molecule has 2 saturated heterocycles. The molecule has 41 heavy (non-hydrogen) atoms. The fourth-order valence-corrected chi connectivity index (χ4v) is 6.16. The Morgan fingerprint density at radius 2 is 1.51 bits per heavy atom. The number of benzene rings is 3. The summed E-state index contributed by atoms with van der Waals surface area (Å²) in [5.41, 5.74) is 2.45. The van der Waals surface area contributed by atoms with Crippen LogP contribution in [-0.4, -0.2) is 64.6 Å². The molecule has 212 valence electrons. The average molecular weight is 563 g/mol. The Morgan fingerprint density at radius 3 is 2.12 bits per heavy atom. The van der Waals surface area contributed by atoms with E-state index < -0.39 is 23.7 Å². The third-order valence-electron chi connectivity index (χ3n) is 8.22. The van der Waals surface area contributed by atoms with Crippen LogP contribution in [0.2, 0.25) is 0 Å². The van der Waals surface area contributed by atoms with Gasteiger partial charge >= 0.3 is 0 Å². The number of piperazine rings is 1. The van der Waals surface area contributed by atoms with Gasteiger partial charge in [-0.1, -0.05) is 30.3 Å². The first-order valence-electron chi connectivity index (χ1n) is 13.7. The zero-order valence-electron chi connectivity index (χ0n) is 22.3. The van der Waals surface area contributed by atoms with Crippen molar-refractivity contribution in [3.63, 3.8) is 0 Å². The minimum absolute atomic E-state index is 0.0170. The molecule has 3 aliphatic heterocycles. The summed E-state index contributed by atoms with van der Waals surface area (Å²) in [4.78, 5) is 42.5. The molecule has 3 aliphatic rings. The maximum absolute atomic E-state index is 15.7. The molecule has 0 bridgehead atoms. The van der Waals surface area contributed by atoms with E-state index in [-0.39, 0.29) is 54.1 Å². The van der Waals surface area contributed by atoms with Crippen LogP contribution in [0.5, 0.6) is 0 Å². The lowest BCUT2D eigenvalue weighted by Crippen LogP contribution is -2.52. The van der Waals surface area contributed by atoms with E-state index in [1.54, 1.807) is 24.3 Å². The second-order valence-corrected chi connectivity index (χ2v) is 10.8. The number of hydrogen-bond donors (Lipinski definition) is 1. The van der Waals surface area contributed by atoms with Crippen LogP contribution in [0.25, 0.3) is 0 Å². The van der Waals surface area contributed by atoms with Gasteiger partial charge in [0.05, 0.1) is 12.6 Å². The predicted molar refractivity (Wildman–Crippen MR) is 144 cm³/mol. The van der Waals surface area contributed by atoms with Gasteiger partial charge in [0.2, 0.25) is 11.8 Å². The van der Waals surface area contributed by atoms with Crippen LogP contribution in [0.1, 0.15) is 51.5 Å². The van der Waals surface area contributed by atoms with Crippen LogP contribution >= 0.6 is 0 Å². The molecule has 3 aromatic carbocycles. The van der Waals surface area contributed by atoms with Crippen molar-refractivity contribution >= 4 is 17.7 Å². The number of piperidine rings is 1. The lowest BCUT2D eigenvalue weighted by Gasteiger charge is -2.40. The molecule has 7 nitrogen and oxygen atoms in total. The molecular formula is C31H29F3N4O3.